The van der Waals surface area contributed by atoms with Gasteiger partial charge >= 0.3 is 0 Å². The molecule has 0 amide bonds. The third-order valence-electron chi connectivity index (χ3n) is 2.05. The molecule has 4 heteroatoms. The largest absolute Gasteiger partial charge is 0.497 e. The van der Waals surface area contributed by atoms with Crippen LogP contribution in [0, 0.1) is 11.3 Å². The number of thiocarbonyl (C=S) groups is 1. The average molecular weight is 244 g/mol. The van der Waals surface area contributed by atoms with Gasteiger partial charge in [-0.15, -0.1) is 0 Å². The van der Waals surface area contributed by atoms with Crippen molar-refractivity contribution < 1.29 is 4.74 Å². The van der Waals surface area contributed by atoms with E-state index in [1.807, 2.05) is 36.4 Å². The molecule has 0 spiro atoms. The Hall–Kier alpha value is -2.12. The number of hydrogen-bond donors (Lipinski definition) is 1. The number of hydrogen-bond acceptors (Lipinski definition) is 3. The van der Waals surface area contributed by atoms with Crippen LogP contribution in [0.4, 0.5) is 0 Å². The van der Waals surface area contributed by atoms with Crippen LogP contribution in [0.15, 0.2) is 42.0 Å². The predicted octanol–water partition coefficient (Wildman–Crippen LogP) is 2.44. The Kier molecular flexibility index (Phi) is 4.92. The number of rotatable bonds is 4. The van der Waals surface area contributed by atoms with Crippen LogP contribution in [0.1, 0.15) is 5.56 Å². The van der Waals surface area contributed by atoms with Gasteiger partial charge in [-0.2, -0.15) is 5.26 Å². The van der Waals surface area contributed by atoms with Gasteiger partial charge in [0, 0.05) is 0 Å². The van der Waals surface area contributed by atoms with Crippen LogP contribution < -0.4 is 10.5 Å². The fraction of sp³-hybridized carbons (Fsp3) is 0.0769. The lowest BCUT2D eigenvalue weighted by molar-refractivity contribution is 0.415. The number of methoxy groups -OCH3 is 1. The fourth-order valence-electron chi connectivity index (χ4n) is 1.14. The second-order valence-electron chi connectivity index (χ2n) is 3.19. The fourth-order valence-corrected chi connectivity index (χ4v) is 1.26. The molecule has 86 valence electrons. The van der Waals surface area contributed by atoms with Gasteiger partial charge in [-0.05, 0) is 23.8 Å². The van der Waals surface area contributed by atoms with Gasteiger partial charge in [0.05, 0.1) is 12.7 Å². The van der Waals surface area contributed by atoms with Crippen molar-refractivity contribution in [2.24, 2.45) is 5.73 Å². The zero-order valence-electron chi connectivity index (χ0n) is 9.38. The maximum atomic E-state index is 8.73. The lowest BCUT2D eigenvalue weighted by Gasteiger charge is -1.98. The van der Waals surface area contributed by atoms with Crippen LogP contribution in [-0.4, -0.2) is 12.1 Å². The molecule has 0 aliphatic heterocycles. The lowest BCUT2D eigenvalue weighted by Crippen LogP contribution is -2.09. The van der Waals surface area contributed by atoms with E-state index in [4.69, 9.17) is 28.0 Å². The maximum absolute atomic E-state index is 8.73. The zero-order valence-corrected chi connectivity index (χ0v) is 10.2. The molecule has 2 N–H and O–H groups in total. The van der Waals surface area contributed by atoms with Crippen molar-refractivity contribution >= 4 is 23.3 Å². The summed E-state index contributed by atoms with van der Waals surface area (Å²) in [4.78, 5) is 0.104. The topological polar surface area (TPSA) is 59.0 Å². The molecular formula is C13H12N2OS. The van der Waals surface area contributed by atoms with Gasteiger partial charge in [-0.1, -0.05) is 36.5 Å². The second-order valence-corrected chi connectivity index (χ2v) is 3.63. The quantitative estimate of drug-likeness (QED) is 0.382. The molecule has 0 bridgehead atoms. The van der Waals surface area contributed by atoms with Crippen molar-refractivity contribution in [3.63, 3.8) is 0 Å². The van der Waals surface area contributed by atoms with Crippen LogP contribution in [0.2, 0.25) is 0 Å². The van der Waals surface area contributed by atoms with E-state index in [1.165, 1.54) is 0 Å². The maximum Gasteiger partial charge on any atom is 0.118 e. The van der Waals surface area contributed by atoms with Gasteiger partial charge in [0.25, 0.3) is 0 Å². The van der Waals surface area contributed by atoms with Crippen LogP contribution in [0.3, 0.4) is 0 Å². The molecule has 0 aromatic heterocycles. The Morgan fingerprint density at radius 3 is 2.53 bits per heavy atom. The molecule has 1 aromatic rings. The Labute approximate surface area is 106 Å². The highest BCUT2D eigenvalue weighted by Crippen LogP contribution is 2.12. The SMILES string of the molecule is COc1ccc(/C=C/C=C(/C#N)C(N)=S)cc1. The first-order valence-corrected chi connectivity index (χ1v) is 5.30. The van der Waals surface area contributed by atoms with E-state index in [-0.39, 0.29) is 4.99 Å². The van der Waals surface area contributed by atoms with Crippen LogP contribution >= 0.6 is 12.2 Å². The van der Waals surface area contributed by atoms with Gasteiger partial charge in [0.1, 0.15) is 16.8 Å². The molecule has 0 fully saturated rings. The third-order valence-corrected chi connectivity index (χ3v) is 2.27. The molecule has 0 aliphatic rings. The number of allylic oxidation sites excluding steroid dienone is 2. The molecule has 0 saturated carbocycles. The molecular weight excluding hydrogens is 232 g/mol. The van der Waals surface area contributed by atoms with Gasteiger partial charge in [0.2, 0.25) is 0 Å². The number of benzene rings is 1. The molecule has 0 aliphatic carbocycles. The van der Waals surface area contributed by atoms with Crippen molar-refractivity contribution in [3.05, 3.63) is 47.6 Å². The summed E-state index contributed by atoms with van der Waals surface area (Å²) in [5, 5.41) is 8.73. The van der Waals surface area contributed by atoms with E-state index in [9.17, 15) is 0 Å². The number of nitrogens with zero attached hydrogens (tertiary/aromatic N) is 1. The van der Waals surface area contributed by atoms with E-state index < -0.39 is 0 Å². The van der Waals surface area contributed by atoms with E-state index in [0.717, 1.165) is 11.3 Å². The first-order valence-electron chi connectivity index (χ1n) is 4.89. The third kappa shape index (κ3) is 4.09. The highest BCUT2D eigenvalue weighted by atomic mass is 32.1. The zero-order chi connectivity index (χ0) is 12.7. The van der Waals surface area contributed by atoms with Crippen LogP contribution in [-0.2, 0) is 0 Å². The van der Waals surface area contributed by atoms with Gasteiger partial charge in [-0.25, -0.2) is 0 Å². The molecule has 0 unspecified atom stereocenters. The van der Waals surface area contributed by atoms with Crippen molar-refractivity contribution in [1.29, 1.82) is 5.26 Å². The summed E-state index contributed by atoms with van der Waals surface area (Å²) in [7, 11) is 1.62. The number of nitrogens with two attached hydrogens (primary N) is 1. The molecule has 0 radical (unpaired) electrons. The summed E-state index contributed by atoms with van der Waals surface area (Å²) in [5.41, 5.74) is 6.65. The van der Waals surface area contributed by atoms with Gasteiger partial charge in [-0.3, -0.25) is 0 Å². The van der Waals surface area contributed by atoms with E-state index >= 15 is 0 Å². The summed E-state index contributed by atoms with van der Waals surface area (Å²) in [6.45, 7) is 0. The Bertz CT molecular complexity index is 495. The average Bonchev–Trinajstić information content (AvgIpc) is 2.35. The Morgan fingerprint density at radius 2 is 2.06 bits per heavy atom. The number of ether oxygens (including phenoxy) is 1. The van der Waals surface area contributed by atoms with Crippen molar-refractivity contribution in [2.75, 3.05) is 7.11 Å². The van der Waals surface area contributed by atoms with Crippen molar-refractivity contribution in [3.8, 4) is 11.8 Å². The highest BCUT2D eigenvalue weighted by Gasteiger charge is 1.95. The second kappa shape index (κ2) is 6.46. The monoisotopic (exact) mass is 244 g/mol. The van der Waals surface area contributed by atoms with Crippen molar-refractivity contribution in [1.82, 2.24) is 0 Å². The molecule has 3 nitrogen and oxygen atoms in total. The normalized spacial score (nSPS) is 11.2. The van der Waals surface area contributed by atoms with E-state index in [1.54, 1.807) is 19.3 Å². The van der Waals surface area contributed by atoms with Crippen LogP contribution in [0.5, 0.6) is 5.75 Å². The van der Waals surface area contributed by atoms with E-state index in [2.05, 4.69) is 0 Å². The standard InChI is InChI=1S/C13H12N2OS/c1-16-12-7-5-10(6-8-12)3-2-4-11(9-14)13(15)17/h2-8H,1H3,(H2,15,17)/b3-2+,11-4-. The molecule has 1 rings (SSSR count). The molecule has 17 heavy (non-hydrogen) atoms. The first kappa shape index (κ1) is 12.9. The van der Waals surface area contributed by atoms with Crippen molar-refractivity contribution in [2.45, 2.75) is 0 Å². The minimum absolute atomic E-state index is 0.104. The minimum atomic E-state index is 0.104. The Balaban J connectivity index is 2.77. The Morgan fingerprint density at radius 1 is 1.41 bits per heavy atom. The number of nitriles is 1. The predicted molar refractivity (Wildman–Crippen MR) is 72.5 cm³/mol. The summed E-state index contributed by atoms with van der Waals surface area (Å²) in [6.07, 6.45) is 5.18. The summed E-state index contributed by atoms with van der Waals surface area (Å²) >= 11 is 4.72. The van der Waals surface area contributed by atoms with Crippen LogP contribution in [0.25, 0.3) is 6.08 Å². The van der Waals surface area contributed by atoms with Gasteiger partial charge in [0.15, 0.2) is 0 Å². The van der Waals surface area contributed by atoms with Gasteiger partial charge < -0.3 is 10.5 Å². The summed E-state index contributed by atoms with van der Waals surface area (Å²) in [6, 6.07) is 9.48. The summed E-state index contributed by atoms with van der Waals surface area (Å²) in [5.74, 6) is 0.804. The highest BCUT2D eigenvalue weighted by molar-refractivity contribution is 7.80. The smallest absolute Gasteiger partial charge is 0.118 e. The summed E-state index contributed by atoms with van der Waals surface area (Å²) < 4.78 is 5.05. The molecule has 1 aromatic carbocycles. The first-order chi connectivity index (χ1) is 8.17. The minimum Gasteiger partial charge on any atom is -0.497 e. The molecule has 0 saturated heterocycles. The lowest BCUT2D eigenvalue weighted by atomic mass is 10.2. The molecule has 0 heterocycles. The molecule has 0 atom stereocenters. The van der Waals surface area contributed by atoms with E-state index in [0.29, 0.717) is 5.57 Å².